The minimum atomic E-state index is 0.0180. The molecule has 1 N–H and O–H groups in total. The van der Waals surface area contributed by atoms with Crippen LogP contribution < -0.4 is 5.32 Å². The third-order valence-corrected chi connectivity index (χ3v) is 4.85. The zero-order valence-electron chi connectivity index (χ0n) is 14.1. The van der Waals surface area contributed by atoms with Gasteiger partial charge in [-0.25, -0.2) is 0 Å². The minimum Gasteiger partial charge on any atom is -0.346 e. The van der Waals surface area contributed by atoms with E-state index in [0.717, 1.165) is 30.4 Å². The second-order valence-electron chi connectivity index (χ2n) is 6.48. The lowest BCUT2D eigenvalue weighted by Gasteiger charge is -2.18. The van der Waals surface area contributed by atoms with Gasteiger partial charge < -0.3 is 5.32 Å². The Bertz CT molecular complexity index is 687. The highest BCUT2D eigenvalue weighted by Crippen LogP contribution is 2.22. The summed E-state index contributed by atoms with van der Waals surface area (Å²) >= 11 is 0. The molecule has 0 spiro atoms. The van der Waals surface area contributed by atoms with E-state index in [1.54, 1.807) is 0 Å². The number of carbonyl (C=O) groups is 1. The van der Waals surface area contributed by atoms with E-state index in [4.69, 9.17) is 0 Å². The first-order chi connectivity index (χ1) is 11.2. The highest BCUT2D eigenvalue weighted by molar-refractivity contribution is 5.94. The normalized spacial score (nSPS) is 14.9. The fourth-order valence-corrected chi connectivity index (χ4v) is 3.28. The van der Waals surface area contributed by atoms with Crippen LogP contribution in [0.1, 0.15) is 65.3 Å². The van der Waals surface area contributed by atoms with Crippen LogP contribution in [0.5, 0.6) is 0 Å². The molecule has 2 aromatic rings. The van der Waals surface area contributed by atoms with Crippen LogP contribution in [0.25, 0.3) is 0 Å². The number of nitrogens with one attached hydrogen (secondary N) is 1. The van der Waals surface area contributed by atoms with Gasteiger partial charge in [0.1, 0.15) is 0 Å². The van der Waals surface area contributed by atoms with Gasteiger partial charge in [0.2, 0.25) is 0 Å². The first-order valence-corrected chi connectivity index (χ1v) is 8.69. The lowest BCUT2D eigenvalue weighted by molar-refractivity contribution is 0.0939. The van der Waals surface area contributed by atoms with Gasteiger partial charge >= 0.3 is 0 Å². The molecule has 120 valence electrons. The fourth-order valence-electron chi connectivity index (χ4n) is 3.28. The summed E-state index contributed by atoms with van der Waals surface area (Å²) in [5.41, 5.74) is 6.01. The molecule has 0 bridgehead atoms. The van der Waals surface area contributed by atoms with E-state index in [1.165, 1.54) is 29.5 Å². The smallest absolute Gasteiger partial charge is 0.251 e. The Labute approximate surface area is 138 Å². The predicted octanol–water partition coefficient (Wildman–Crippen LogP) is 4.62. The van der Waals surface area contributed by atoms with E-state index in [9.17, 15) is 4.79 Å². The molecule has 0 aliphatic heterocycles. The topological polar surface area (TPSA) is 29.1 Å². The first kappa shape index (κ1) is 15.8. The molecule has 0 fully saturated rings. The maximum absolute atomic E-state index is 12.5. The molecule has 0 aromatic heterocycles. The summed E-state index contributed by atoms with van der Waals surface area (Å²) < 4.78 is 0. The number of hydrogen-bond donors (Lipinski definition) is 1. The molecule has 2 aromatic carbocycles. The van der Waals surface area contributed by atoms with Gasteiger partial charge in [-0.2, -0.15) is 0 Å². The quantitative estimate of drug-likeness (QED) is 0.877. The molecule has 0 heterocycles. The first-order valence-electron chi connectivity index (χ1n) is 8.69. The zero-order chi connectivity index (χ0) is 16.2. The average molecular weight is 307 g/mol. The summed E-state index contributed by atoms with van der Waals surface area (Å²) in [5.74, 6) is 0.0189. The van der Waals surface area contributed by atoms with Gasteiger partial charge in [-0.1, -0.05) is 37.3 Å². The van der Waals surface area contributed by atoms with Crippen molar-refractivity contribution in [3.8, 4) is 0 Å². The van der Waals surface area contributed by atoms with Crippen molar-refractivity contribution in [2.24, 2.45) is 0 Å². The fraction of sp³-hybridized carbons (Fsp3) is 0.381. The number of hydrogen-bond acceptors (Lipinski definition) is 1. The van der Waals surface area contributed by atoms with Crippen molar-refractivity contribution in [2.75, 3.05) is 0 Å². The number of benzene rings is 2. The van der Waals surface area contributed by atoms with Crippen molar-refractivity contribution in [3.05, 3.63) is 70.3 Å². The molecule has 0 unspecified atom stereocenters. The number of rotatable bonds is 4. The summed E-state index contributed by atoms with van der Waals surface area (Å²) in [4.78, 5) is 12.5. The summed E-state index contributed by atoms with van der Waals surface area (Å²) in [7, 11) is 0. The van der Waals surface area contributed by atoms with E-state index in [0.29, 0.717) is 0 Å². The van der Waals surface area contributed by atoms with Gasteiger partial charge in [0, 0.05) is 5.56 Å². The monoisotopic (exact) mass is 307 g/mol. The standard InChI is InChI=1S/C21H25NO/c1-3-16-8-10-17(11-9-16)15(2)22-21(23)20-13-12-18-6-4-5-7-19(18)14-20/h8-15H,3-7H2,1-2H3,(H,22,23)/t15-/m1/s1. The highest BCUT2D eigenvalue weighted by Gasteiger charge is 2.15. The second kappa shape index (κ2) is 6.99. The number of carbonyl (C=O) groups excluding carboxylic acids is 1. The van der Waals surface area contributed by atoms with Crippen molar-refractivity contribution in [2.45, 2.75) is 52.0 Å². The van der Waals surface area contributed by atoms with E-state index < -0.39 is 0 Å². The van der Waals surface area contributed by atoms with Gasteiger partial charge in [-0.05, 0) is 73.4 Å². The Morgan fingerprint density at radius 3 is 2.43 bits per heavy atom. The molecule has 3 rings (SSSR count). The minimum absolute atomic E-state index is 0.0180. The second-order valence-corrected chi connectivity index (χ2v) is 6.48. The molecular formula is C21H25NO. The molecule has 0 saturated carbocycles. The molecule has 1 aliphatic carbocycles. The molecule has 1 aliphatic rings. The van der Waals surface area contributed by atoms with Gasteiger partial charge in [-0.3, -0.25) is 4.79 Å². The molecule has 0 radical (unpaired) electrons. The van der Waals surface area contributed by atoms with Crippen LogP contribution in [0.15, 0.2) is 42.5 Å². The van der Waals surface area contributed by atoms with Gasteiger partial charge in [0.05, 0.1) is 6.04 Å². The van der Waals surface area contributed by atoms with E-state index in [1.807, 2.05) is 13.0 Å². The summed E-state index contributed by atoms with van der Waals surface area (Å²) in [6.07, 6.45) is 5.79. The molecule has 1 amide bonds. The third-order valence-electron chi connectivity index (χ3n) is 4.85. The predicted molar refractivity (Wildman–Crippen MR) is 94.8 cm³/mol. The Balaban J connectivity index is 1.70. The zero-order valence-corrected chi connectivity index (χ0v) is 14.1. The maximum Gasteiger partial charge on any atom is 0.251 e. The van der Waals surface area contributed by atoms with E-state index in [-0.39, 0.29) is 11.9 Å². The van der Waals surface area contributed by atoms with Crippen LogP contribution in [0.3, 0.4) is 0 Å². The largest absolute Gasteiger partial charge is 0.346 e. The molecular weight excluding hydrogens is 282 g/mol. The third kappa shape index (κ3) is 3.64. The van der Waals surface area contributed by atoms with Crippen LogP contribution in [0.4, 0.5) is 0 Å². The average Bonchev–Trinajstić information content (AvgIpc) is 2.61. The van der Waals surface area contributed by atoms with Crippen molar-refractivity contribution < 1.29 is 4.79 Å². The highest BCUT2D eigenvalue weighted by atomic mass is 16.1. The van der Waals surface area contributed by atoms with Crippen LogP contribution in [0.2, 0.25) is 0 Å². The van der Waals surface area contributed by atoms with Crippen LogP contribution in [-0.4, -0.2) is 5.91 Å². The Hall–Kier alpha value is -2.09. The number of aryl methyl sites for hydroxylation is 3. The summed E-state index contributed by atoms with van der Waals surface area (Å²) in [6.45, 7) is 4.19. The molecule has 23 heavy (non-hydrogen) atoms. The Kier molecular flexibility index (Phi) is 4.80. The maximum atomic E-state index is 12.5. The Morgan fingerprint density at radius 1 is 1.04 bits per heavy atom. The molecule has 2 heteroatoms. The Morgan fingerprint density at radius 2 is 1.74 bits per heavy atom. The SMILES string of the molecule is CCc1ccc([C@@H](C)NC(=O)c2ccc3c(c2)CCCC3)cc1. The summed E-state index contributed by atoms with van der Waals surface area (Å²) in [5, 5.41) is 3.12. The van der Waals surface area contributed by atoms with E-state index >= 15 is 0 Å². The van der Waals surface area contributed by atoms with Crippen LogP contribution in [0, 0.1) is 0 Å². The summed E-state index contributed by atoms with van der Waals surface area (Å²) in [6, 6.07) is 14.7. The van der Waals surface area contributed by atoms with Crippen LogP contribution in [-0.2, 0) is 19.3 Å². The number of fused-ring (bicyclic) bond motifs is 1. The lowest BCUT2D eigenvalue weighted by Crippen LogP contribution is -2.27. The van der Waals surface area contributed by atoms with Gasteiger partial charge in [0.15, 0.2) is 0 Å². The lowest BCUT2D eigenvalue weighted by atomic mass is 9.90. The number of amides is 1. The van der Waals surface area contributed by atoms with Crippen molar-refractivity contribution in [1.82, 2.24) is 5.32 Å². The van der Waals surface area contributed by atoms with Gasteiger partial charge in [-0.15, -0.1) is 0 Å². The van der Waals surface area contributed by atoms with Crippen molar-refractivity contribution in [3.63, 3.8) is 0 Å². The molecule has 0 saturated heterocycles. The molecule has 1 atom stereocenters. The van der Waals surface area contributed by atoms with Gasteiger partial charge in [0.25, 0.3) is 5.91 Å². The van der Waals surface area contributed by atoms with E-state index in [2.05, 4.69) is 48.6 Å². The van der Waals surface area contributed by atoms with Crippen LogP contribution >= 0.6 is 0 Å². The molecule has 2 nitrogen and oxygen atoms in total. The van der Waals surface area contributed by atoms with Crippen molar-refractivity contribution >= 4 is 5.91 Å². The van der Waals surface area contributed by atoms with Crippen molar-refractivity contribution in [1.29, 1.82) is 0 Å².